The van der Waals surface area contributed by atoms with Crippen molar-refractivity contribution in [3.05, 3.63) is 64.2 Å². The van der Waals surface area contributed by atoms with Gasteiger partial charge in [0, 0.05) is 11.3 Å². The Hall–Kier alpha value is -2.51. The zero-order valence-corrected chi connectivity index (χ0v) is 20.0. The van der Waals surface area contributed by atoms with Crippen molar-refractivity contribution in [2.75, 3.05) is 19.5 Å². The van der Waals surface area contributed by atoms with Crippen LogP contribution < -0.4 is 10.0 Å². The second-order valence-electron chi connectivity index (χ2n) is 6.16. The van der Waals surface area contributed by atoms with Crippen molar-refractivity contribution >= 4 is 61.7 Å². The minimum absolute atomic E-state index is 0.00474. The molecule has 3 rings (SSSR count). The Morgan fingerprint density at radius 2 is 1.81 bits per heavy atom. The molecule has 1 heterocycles. The first-order valence-corrected chi connectivity index (χ1v) is 12.6. The Bertz CT molecular complexity index is 1250. The summed E-state index contributed by atoms with van der Waals surface area (Å²) in [5.74, 6) is -0.350. The van der Waals surface area contributed by atoms with Crippen molar-refractivity contribution < 1.29 is 22.7 Å². The fourth-order valence-corrected chi connectivity index (χ4v) is 5.40. The molecular weight excluding hydrogens is 496 g/mol. The highest BCUT2D eigenvalue weighted by atomic mass is 35.5. The van der Waals surface area contributed by atoms with Crippen LogP contribution in [0.3, 0.4) is 0 Å². The van der Waals surface area contributed by atoms with Crippen LogP contribution in [-0.2, 0) is 20.5 Å². The molecule has 3 aromatic rings. The monoisotopic (exact) mass is 512 g/mol. The van der Waals surface area contributed by atoms with Crippen molar-refractivity contribution in [2.45, 2.75) is 15.0 Å². The maximum Gasteiger partial charge on any atom is 0.337 e. The average molecular weight is 513 g/mol. The van der Waals surface area contributed by atoms with Gasteiger partial charge in [0.1, 0.15) is 4.90 Å². The van der Waals surface area contributed by atoms with Crippen molar-refractivity contribution in [3.8, 4) is 0 Å². The highest BCUT2D eigenvalue weighted by Crippen LogP contribution is 2.29. The summed E-state index contributed by atoms with van der Waals surface area (Å²) in [5, 5.41) is 10.9. The van der Waals surface area contributed by atoms with Gasteiger partial charge in [-0.05, 0) is 42.9 Å². The Balaban J connectivity index is 1.63. The number of esters is 1. The predicted molar refractivity (Wildman–Crippen MR) is 123 cm³/mol. The molecule has 0 unspecified atom stereocenters. The zero-order chi connectivity index (χ0) is 23.3. The number of amides is 1. The molecule has 1 aromatic heterocycles. The molecular formula is C19H17ClN4O5S3. The lowest BCUT2D eigenvalue weighted by molar-refractivity contribution is 0.0600. The van der Waals surface area contributed by atoms with Crippen LogP contribution in [0.25, 0.3) is 0 Å². The number of sulfonamides is 1. The van der Waals surface area contributed by atoms with Gasteiger partial charge in [0.2, 0.25) is 15.2 Å². The molecule has 0 aliphatic heterocycles. The smallest absolute Gasteiger partial charge is 0.337 e. The van der Waals surface area contributed by atoms with Crippen molar-refractivity contribution in [1.82, 2.24) is 14.9 Å². The number of nitrogens with zero attached hydrogens (tertiary/aromatic N) is 2. The van der Waals surface area contributed by atoms with Crippen LogP contribution in [0, 0.1) is 0 Å². The summed E-state index contributed by atoms with van der Waals surface area (Å²) < 4.78 is 31.6. The normalized spacial score (nSPS) is 11.2. The van der Waals surface area contributed by atoms with E-state index in [-0.39, 0.29) is 20.6 Å². The molecule has 168 valence electrons. The summed E-state index contributed by atoms with van der Waals surface area (Å²) in [4.78, 5) is 23.8. The number of nitrogens with one attached hydrogen (secondary N) is 2. The Morgan fingerprint density at radius 3 is 2.47 bits per heavy atom. The molecule has 0 saturated carbocycles. The number of anilines is 1. The zero-order valence-electron chi connectivity index (χ0n) is 16.8. The Labute approximate surface area is 197 Å². The Morgan fingerprint density at radius 1 is 1.12 bits per heavy atom. The van der Waals surface area contributed by atoms with Gasteiger partial charge in [0.15, 0.2) is 4.34 Å². The first-order valence-electron chi connectivity index (χ1n) is 8.91. The number of ether oxygens (including phenoxy) is 1. The second kappa shape index (κ2) is 10.4. The molecule has 32 heavy (non-hydrogen) atoms. The number of aromatic nitrogens is 2. The molecule has 0 spiro atoms. The number of benzene rings is 2. The van der Waals surface area contributed by atoms with Crippen LogP contribution in [0.4, 0.5) is 5.13 Å². The number of thioether (sulfide) groups is 1. The highest BCUT2D eigenvalue weighted by Gasteiger charge is 2.19. The first-order chi connectivity index (χ1) is 15.2. The number of halogens is 1. The summed E-state index contributed by atoms with van der Waals surface area (Å²) in [6.45, 7) is 0. The summed E-state index contributed by atoms with van der Waals surface area (Å²) in [7, 11) is -1.23. The first kappa shape index (κ1) is 24.1. The van der Waals surface area contributed by atoms with Gasteiger partial charge in [-0.15, -0.1) is 10.2 Å². The van der Waals surface area contributed by atoms with E-state index in [1.165, 1.54) is 55.5 Å². The third-order valence-electron chi connectivity index (χ3n) is 4.12. The number of methoxy groups -OCH3 is 1. The molecule has 0 aliphatic carbocycles. The number of hydrogen-bond acceptors (Lipinski definition) is 9. The largest absolute Gasteiger partial charge is 0.465 e. The van der Waals surface area contributed by atoms with Crippen LogP contribution in [0.5, 0.6) is 0 Å². The number of carbonyl (C=O) groups is 2. The van der Waals surface area contributed by atoms with Crippen LogP contribution in [0.2, 0.25) is 5.02 Å². The maximum absolute atomic E-state index is 12.5. The lowest BCUT2D eigenvalue weighted by Gasteiger charge is -2.07. The predicted octanol–water partition coefficient (Wildman–Crippen LogP) is 3.43. The van der Waals surface area contributed by atoms with Crippen molar-refractivity contribution in [2.24, 2.45) is 0 Å². The van der Waals surface area contributed by atoms with E-state index in [0.717, 1.165) is 5.56 Å². The van der Waals surface area contributed by atoms with Gasteiger partial charge in [-0.2, -0.15) is 0 Å². The van der Waals surface area contributed by atoms with Gasteiger partial charge >= 0.3 is 5.97 Å². The van der Waals surface area contributed by atoms with E-state index >= 15 is 0 Å². The number of hydrogen-bond donors (Lipinski definition) is 2. The van der Waals surface area contributed by atoms with E-state index in [0.29, 0.717) is 15.7 Å². The van der Waals surface area contributed by atoms with Gasteiger partial charge < -0.3 is 4.74 Å². The quantitative estimate of drug-likeness (QED) is 0.267. The van der Waals surface area contributed by atoms with Gasteiger partial charge in [-0.25, -0.2) is 17.9 Å². The fraction of sp³-hybridized carbons (Fsp3) is 0.158. The number of rotatable bonds is 8. The minimum atomic E-state index is -3.81. The van der Waals surface area contributed by atoms with Gasteiger partial charge in [0.05, 0.1) is 17.7 Å². The minimum Gasteiger partial charge on any atom is -0.465 e. The van der Waals surface area contributed by atoms with E-state index in [1.807, 2.05) is 12.1 Å². The fourth-order valence-electron chi connectivity index (χ4n) is 2.45. The van der Waals surface area contributed by atoms with Crippen molar-refractivity contribution in [3.63, 3.8) is 0 Å². The lowest BCUT2D eigenvalue weighted by Crippen LogP contribution is -2.20. The van der Waals surface area contributed by atoms with Gasteiger partial charge in [-0.1, -0.05) is 46.8 Å². The second-order valence-corrected chi connectivity index (χ2v) is 10.6. The van der Waals surface area contributed by atoms with E-state index in [2.05, 4.69) is 25.0 Å². The molecule has 0 bridgehead atoms. The van der Waals surface area contributed by atoms with Crippen LogP contribution in [-0.4, -0.2) is 44.6 Å². The molecule has 0 radical (unpaired) electrons. The molecule has 2 N–H and O–H groups in total. The molecule has 9 nitrogen and oxygen atoms in total. The topological polar surface area (TPSA) is 127 Å². The molecule has 0 atom stereocenters. The summed E-state index contributed by atoms with van der Waals surface area (Å²) in [5.41, 5.74) is 1.55. The molecule has 0 saturated heterocycles. The van der Waals surface area contributed by atoms with Crippen molar-refractivity contribution in [1.29, 1.82) is 0 Å². The van der Waals surface area contributed by atoms with Crippen LogP contribution in [0.1, 0.15) is 26.3 Å². The Kier molecular flexibility index (Phi) is 7.85. The van der Waals surface area contributed by atoms with Crippen LogP contribution in [0.15, 0.2) is 51.7 Å². The van der Waals surface area contributed by atoms with Crippen LogP contribution >= 0.6 is 34.7 Å². The molecule has 2 aromatic carbocycles. The van der Waals surface area contributed by atoms with Gasteiger partial charge in [-0.3, -0.25) is 10.1 Å². The summed E-state index contributed by atoms with van der Waals surface area (Å²) in [6, 6.07) is 11.0. The van der Waals surface area contributed by atoms with E-state index in [1.54, 1.807) is 12.1 Å². The number of carbonyl (C=O) groups excluding carboxylic acids is 2. The lowest BCUT2D eigenvalue weighted by atomic mass is 10.1. The molecule has 1 amide bonds. The SMILES string of the molecule is CNS(=O)(=O)c1cc(C(=O)Nc2nnc(SCc3ccc(C(=O)OC)cc3)s2)ccc1Cl. The van der Waals surface area contributed by atoms with E-state index in [9.17, 15) is 18.0 Å². The summed E-state index contributed by atoms with van der Waals surface area (Å²) >= 11 is 8.55. The third-order valence-corrected chi connectivity index (χ3v) is 8.05. The third kappa shape index (κ3) is 5.84. The molecule has 0 fully saturated rings. The maximum atomic E-state index is 12.5. The van der Waals surface area contributed by atoms with E-state index in [4.69, 9.17) is 11.6 Å². The van der Waals surface area contributed by atoms with Gasteiger partial charge in [0.25, 0.3) is 5.91 Å². The summed E-state index contributed by atoms with van der Waals surface area (Å²) in [6.07, 6.45) is 0. The average Bonchev–Trinajstić information content (AvgIpc) is 3.24. The molecule has 13 heteroatoms. The standard InChI is InChI=1S/C19H17ClN4O5S3/c1-21-32(27,28)15-9-13(7-8-14(15)20)16(25)22-18-23-24-19(31-18)30-10-11-3-5-12(6-4-11)17(26)29-2/h3-9,21H,10H2,1-2H3,(H,22,23,25). The highest BCUT2D eigenvalue weighted by molar-refractivity contribution is 8.00. The molecule has 0 aliphatic rings. The van der Waals surface area contributed by atoms with E-state index < -0.39 is 21.9 Å².